The molecule has 1 saturated heterocycles. The third-order valence-corrected chi connectivity index (χ3v) is 6.68. The summed E-state index contributed by atoms with van der Waals surface area (Å²) < 4.78 is 6.80. The number of benzene rings is 2. The van der Waals surface area contributed by atoms with Gasteiger partial charge in [0.1, 0.15) is 12.4 Å². The monoisotopic (exact) mass is 445 g/mol. The van der Waals surface area contributed by atoms with Crippen LogP contribution in [0.25, 0.3) is 0 Å². The molecule has 0 amide bonds. The lowest BCUT2D eigenvalue weighted by atomic mass is 9.86. The van der Waals surface area contributed by atoms with E-state index in [-0.39, 0.29) is 6.10 Å². The highest BCUT2D eigenvalue weighted by molar-refractivity contribution is 5.85. The van der Waals surface area contributed by atoms with E-state index in [1.54, 1.807) is 54.9 Å². The van der Waals surface area contributed by atoms with Crippen LogP contribution < -0.4 is 5.11 Å². The highest BCUT2D eigenvalue weighted by Gasteiger charge is 2.36. The third kappa shape index (κ3) is 5.46. The number of carbonyl (C=O) groups is 1. The van der Waals surface area contributed by atoms with Crippen LogP contribution in [-0.4, -0.2) is 53.2 Å². The molecule has 2 heterocycles. The Morgan fingerprint density at radius 2 is 1.55 bits per heavy atom. The van der Waals surface area contributed by atoms with Crippen molar-refractivity contribution in [2.24, 2.45) is 0 Å². The molecule has 0 aliphatic carbocycles. The van der Waals surface area contributed by atoms with Gasteiger partial charge in [0.25, 0.3) is 0 Å². The Hall–Kier alpha value is -3.09. The molecule has 0 saturated carbocycles. The number of rotatable bonds is 8. The molecule has 6 nitrogen and oxygen atoms in total. The van der Waals surface area contributed by atoms with Gasteiger partial charge in [0.05, 0.1) is 26.7 Å². The summed E-state index contributed by atoms with van der Waals surface area (Å²) in [4.78, 5) is 21.4. The van der Waals surface area contributed by atoms with Crippen LogP contribution in [0.5, 0.6) is 0 Å². The van der Waals surface area contributed by atoms with Gasteiger partial charge in [-0.3, -0.25) is 4.79 Å². The van der Waals surface area contributed by atoms with Crippen molar-refractivity contribution in [3.05, 3.63) is 96.1 Å². The number of piperidine rings is 1. The van der Waals surface area contributed by atoms with Gasteiger partial charge in [0.15, 0.2) is 0 Å². The first-order valence-electron chi connectivity index (χ1n) is 11.6. The first kappa shape index (κ1) is 23.1. The number of aryl methyl sites for hydroxylation is 1. The fraction of sp³-hybridized carbons (Fsp3) is 0.370. The van der Waals surface area contributed by atoms with E-state index in [1.807, 2.05) is 24.5 Å². The van der Waals surface area contributed by atoms with Gasteiger partial charge < -0.3 is 14.3 Å². The molecule has 1 aliphatic heterocycles. The second-order valence-corrected chi connectivity index (χ2v) is 9.16. The normalized spacial score (nSPS) is 20.8. The first-order valence-corrected chi connectivity index (χ1v) is 11.6. The van der Waals surface area contributed by atoms with Gasteiger partial charge in [-0.05, 0) is 23.1 Å². The Kier molecular flexibility index (Phi) is 7.16. The zero-order valence-electron chi connectivity index (χ0n) is 19.1. The van der Waals surface area contributed by atoms with E-state index in [4.69, 9.17) is 4.74 Å². The van der Waals surface area contributed by atoms with Crippen LogP contribution in [-0.2, 0) is 21.6 Å². The molecule has 2 aromatic carbocycles. The summed E-state index contributed by atoms with van der Waals surface area (Å²) in [6.07, 6.45) is 8.59. The number of hydrogen-bond donors (Lipinski definition) is 0. The molecule has 0 radical (unpaired) electrons. The van der Waals surface area contributed by atoms with Crippen LogP contribution in [0.1, 0.15) is 36.0 Å². The molecule has 4 rings (SSSR count). The van der Waals surface area contributed by atoms with Gasteiger partial charge in [-0.25, -0.2) is 9.97 Å². The lowest BCUT2D eigenvalue weighted by molar-refractivity contribution is -0.915. The van der Waals surface area contributed by atoms with Crippen LogP contribution in [0.2, 0.25) is 0 Å². The zero-order chi connectivity index (χ0) is 23.2. The number of carbonyl (C=O) groups excluding carboxylic acids is 1. The van der Waals surface area contributed by atoms with Crippen LogP contribution in [0.4, 0.5) is 0 Å². The van der Waals surface area contributed by atoms with Crippen molar-refractivity contribution in [2.45, 2.75) is 37.4 Å². The fourth-order valence-electron chi connectivity index (χ4n) is 4.62. The Morgan fingerprint density at radius 3 is 2.09 bits per heavy atom. The minimum atomic E-state index is -2.07. The topological polar surface area (TPSA) is 75.1 Å². The van der Waals surface area contributed by atoms with Crippen molar-refractivity contribution in [2.75, 3.05) is 26.7 Å². The molecule has 33 heavy (non-hydrogen) atoms. The van der Waals surface area contributed by atoms with Gasteiger partial charge in [0, 0.05) is 37.3 Å². The second-order valence-electron chi connectivity index (χ2n) is 9.16. The summed E-state index contributed by atoms with van der Waals surface area (Å²) in [7, 11) is 2.26. The van der Waals surface area contributed by atoms with Crippen molar-refractivity contribution in [3.8, 4) is 0 Å². The summed E-state index contributed by atoms with van der Waals surface area (Å²) in [5.41, 5.74) is -0.109. The SMILES string of the molecule is C[N+]1(CCCc2cncnc2)CCC(OC(=O)C([O-])(c2ccccc2)c2ccccc2)CC1. The molecule has 0 bridgehead atoms. The molecule has 1 fully saturated rings. The number of esters is 1. The van der Waals surface area contributed by atoms with E-state index >= 15 is 0 Å². The Morgan fingerprint density at radius 1 is 1.00 bits per heavy atom. The summed E-state index contributed by atoms with van der Waals surface area (Å²) in [6.45, 7) is 2.90. The van der Waals surface area contributed by atoms with E-state index in [2.05, 4.69) is 17.0 Å². The van der Waals surface area contributed by atoms with Crippen LogP contribution >= 0.6 is 0 Å². The van der Waals surface area contributed by atoms with E-state index in [9.17, 15) is 9.90 Å². The molecule has 0 unspecified atom stereocenters. The number of quaternary nitrogens is 1. The molecule has 172 valence electrons. The third-order valence-electron chi connectivity index (χ3n) is 6.68. The van der Waals surface area contributed by atoms with Gasteiger partial charge in [0.2, 0.25) is 0 Å². The van der Waals surface area contributed by atoms with Gasteiger partial charge >= 0.3 is 5.97 Å². The number of hydrogen-bond acceptors (Lipinski definition) is 5. The molecule has 0 atom stereocenters. The van der Waals surface area contributed by atoms with Crippen molar-refractivity contribution >= 4 is 5.97 Å². The van der Waals surface area contributed by atoms with Crippen molar-refractivity contribution in [1.82, 2.24) is 9.97 Å². The van der Waals surface area contributed by atoms with Crippen LogP contribution in [0.3, 0.4) is 0 Å². The Balaban J connectivity index is 1.37. The minimum absolute atomic E-state index is 0.230. The highest BCUT2D eigenvalue weighted by atomic mass is 16.6. The minimum Gasteiger partial charge on any atom is -0.834 e. The Bertz CT molecular complexity index is 981. The molecule has 1 aliphatic rings. The molecule has 0 N–H and O–H groups in total. The predicted molar refractivity (Wildman–Crippen MR) is 124 cm³/mol. The molecule has 0 spiro atoms. The maximum absolute atomic E-state index is 14.0. The van der Waals surface area contributed by atoms with E-state index in [1.165, 1.54) is 0 Å². The number of likely N-dealkylation sites (tertiary alicyclic amines) is 1. The first-order chi connectivity index (χ1) is 16.0. The molecular weight excluding hydrogens is 414 g/mol. The predicted octanol–water partition coefficient (Wildman–Crippen LogP) is 2.87. The average Bonchev–Trinajstić information content (AvgIpc) is 2.87. The maximum atomic E-state index is 14.0. The van der Waals surface area contributed by atoms with E-state index < -0.39 is 11.6 Å². The lowest BCUT2D eigenvalue weighted by Gasteiger charge is -2.43. The van der Waals surface area contributed by atoms with Crippen LogP contribution in [0, 0.1) is 0 Å². The second kappa shape index (κ2) is 10.2. The summed E-state index contributed by atoms with van der Waals surface area (Å²) >= 11 is 0. The van der Waals surface area contributed by atoms with Gasteiger partial charge in [-0.15, -0.1) is 0 Å². The quantitative estimate of drug-likeness (QED) is 0.394. The van der Waals surface area contributed by atoms with E-state index in [0.29, 0.717) is 11.1 Å². The van der Waals surface area contributed by atoms with Crippen molar-refractivity contribution in [3.63, 3.8) is 0 Å². The highest BCUT2D eigenvalue weighted by Crippen LogP contribution is 2.30. The standard InChI is InChI=1S/C27H31N3O3/c1-30(16-8-9-22-19-28-21-29-20-22)17-14-25(15-18-30)33-26(31)27(32,23-10-4-2-5-11-23)24-12-6-3-7-13-24/h2-7,10-13,19-21,25H,8-9,14-18H2,1H3. The van der Waals surface area contributed by atoms with E-state index in [0.717, 1.165) is 55.4 Å². The van der Waals surface area contributed by atoms with Crippen LogP contribution in [0.15, 0.2) is 79.4 Å². The summed E-state index contributed by atoms with van der Waals surface area (Å²) in [6, 6.07) is 17.6. The number of nitrogens with zero attached hydrogens (tertiary/aromatic N) is 3. The smallest absolute Gasteiger partial charge is 0.304 e. The Labute approximate surface area is 195 Å². The molecule has 3 aromatic rings. The summed E-state index contributed by atoms with van der Waals surface area (Å²) in [5.74, 6) is -0.718. The van der Waals surface area contributed by atoms with Gasteiger partial charge in [-0.2, -0.15) is 0 Å². The molecule has 6 heteroatoms. The molecule has 1 aromatic heterocycles. The summed E-state index contributed by atoms with van der Waals surface area (Å²) in [5, 5.41) is 14.0. The number of aromatic nitrogens is 2. The largest absolute Gasteiger partial charge is 0.834 e. The molecular formula is C27H31N3O3. The number of ether oxygens (including phenoxy) is 1. The lowest BCUT2D eigenvalue weighted by Crippen LogP contribution is -2.54. The van der Waals surface area contributed by atoms with Crippen molar-refractivity contribution in [1.29, 1.82) is 0 Å². The zero-order valence-corrected chi connectivity index (χ0v) is 19.1. The average molecular weight is 446 g/mol. The van der Waals surface area contributed by atoms with Gasteiger partial charge in [-0.1, -0.05) is 60.7 Å². The van der Waals surface area contributed by atoms with Crippen molar-refractivity contribution < 1.29 is 19.1 Å². The maximum Gasteiger partial charge on any atom is 0.304 e. The fourth-order valence-corrected chi connectivity index (χ4v) is 4.62.